The molecule has 1 fully saturated rings. The molecule has 19 heavy (non-hydrogen) atoms. The lowest BCUT2D eigenvalue weighted by Crippen LogP contribution is -2.37. The van der Waals surface area contributed by atoms with Crippen molar-refractivity contribution >= 4 is 5.82 Å². The number of rotatable bonds is 5. The van der Waals surface area contributed by atoms with Gasteiger partial charge in [-0.25, -0.2) is 4.98 Å². The SMILES string of the molecule is CCc1cc(CNC)cc(N2CCC(OC)CC2)n1. The fraction of sp³-hybridized carbons (Fsp3) is 0.667. The number of methoxy groups -OCH3 is 1. The third kappa shape index (κ3) is 3.67. The van der Waals surface area contributed by atoms with Gasteiger partial charge in [0.05, 0.1) is 6.10 Å². The summed E-state index contributed by atoms with van der Waals surface area (Å²) in [4.78, 5) is 7.15. The number of nitrogens with one attached hydrogen (secondary N) is 1. The van der Waals surface area contributed by atoms with Crippen molar-refractivity contribution in [3.63, 3.8) is 0 Å². The number of anilines is 1. The molecule has 0 spiro atoms. The van der Waals surface area contributed by atoms with E-state index in [0.29, 0.717) is 6.10 Å². The maximum Gasteiger partial charge on any atom is 0.129 e. The Kier molecular flexibility index (Phi) is 5.16. The fourth-order valence-corrected chi connectivity index (χ4v) is 2.60. The smallest absolute Gasteiger partial charge is 0.129 e. The Morgan fingerprint density at radius 2 is 2.11 bits per heavy atom. The largest absolute Gasteiger partial charge is 0.381 e. The first-order valence-corrected chi connectivity index (χ1v) is 7.19. The van der Waals surface area contributed by atoms with E-state index >= 15 is 0 Å². The predicted molar refractivity (Wildman–Crippen MR) is 78.6 cm³/mol. The molecule has 0 bridgehead atoms. The molecule has 4 nitrogen and oxygen atoms in total. The summed E-state index contributed by atoms with van der Waals surface area (Å²) in [6, 6.07) is 4.41. The molecule has 0 aliphatic carbocycles. The predicted octanol–water partition coefficient (Wildman–Crippen LogP) is 1.98. The normalized spacial score (nSPS) is 16.9. The van der Waals surface area contributed by atoms with Crippen LogP contribution in [0.5, 0.6) is 0 Å². The molecule has 1 N–H and O–H groups in total. The van der Waals surface area contributed by atoms with E-state index in [9.17, 15) is 0 Å². The Bertz CT molecular complexity index is 400. The van der Waals surface area contributed by atoms with Crippen molar-refractivity contribution in [2.24, 2.45) is 0 Å². The van der Waals surface area contributed by atoms with Crippen LogP contribution in [0.3, 0.4) is 0 Å². The molecular formula is C15H25N3O. The molecule has 106 valence electrons. The van der Waals surface area contributed by atoms with Gasteiger partial charge in [-0.1, -0.05) is 6.92 Å². The van der Waals surface area contributed by atoms with Gasteiger partial charge in [0.1, 0.15) is 5.82 Å². The minimum atomic E-state index is 0.419. The molecule has 0 radical (unpaired) electrons. The van der Waals surface area contributed by atoms with Gasteiger partial charge in [0.15, 0.2) is 0 Å². The lowest BCUT2D eigenvalue weighted by molar-refractivity contribution is 0.0818. The van der Waals surface area contributed by atoms with Crippen molar-refractivity contribution in [1.29, 1.82) is 0 Å². The van der Waals surface area contributed by atoms with Crippen molar-refractivity contribution in [3.05, 3.63) is 23.4 Å². The molecule has 1 aromatic rings. The third-order valence-corrected chi connectivity index (χ3v) is 3.77. The molecule has 0 unspecified atom stereocenters. The zero-order chi connectivity index (χ0) is 13.7. The van der Waals surface area contributed by atoms with Crippen LogP contribution >= 0.6 is 0 Å². The second kappa shape index (κ2) is 6.87. The average molecular weight is 263 g/mol. The van der Waals surface area contributed by atoms with Crippen LogP contribution in [0.25, 0.3) is 0 Å². The topological polar surface area (TPSA) is 37.4 Å². The monoisotopic (exact) mass is 263 g/mol. The zero-order valence-corrected chi connectivity index (χ0v) is 12.3. The standard InChI is InChI=1S/C15H25N3O/c1-4-13-9-12(11-16-2)10-15(17-13)18-7-5-14(19-3)6-8-18/h9-10,14,16H,4-8,11H2,1-3H3. The van der Waals surface area contributed by atoms with E-state index in [4.69, 9.17) is 9.72 Å². The Labute approximate surface area is 116 Å². The van der Waals surface area contributed by atoms with E-state index in [2.05, 4.69) is 29.3 Å². The van der Waals surface area contributed by atoms with Crippen LogP contribution in [0, 0.1) is 0 Å². The summed E-state index contributed by atoms with van der Waals surface area (Å²) in [6.45, 7) is 5.14. The third-order valence-electron chi connectivity index (χ3n) is 3.77. The highest BCUT2D eigenvalue weighted by Gasteiger charge is 2.20. The van der Waals surface area contributed by atoms with Crippen molar-refractivity contribution in [2.75, 3.05) is 32.1 Å². The Balaban J connectivity index is 2.12. The van der Waals surface area contributed by atoms with Crippen LogP contribution in [-0.4, -0.2) is 38.3 Å². The molecule has 1 aliphatic heterocycles. The van der Waals surface area contributed by atoms with E-state index in [1.807, 2.05) is 7.05 Å². The minimum absolute atomic E-state index is 0.419. The summed E-state index contributed by atoms with van der Waals surface area (Å²) in [5.41, 5.74) is 2.50. The number of aromatic nitrogens is 1. The molecule has 0 aromatic carbocycles. The van der Waals surface area contributed by atoms with Crippen LogP contribution in [0.15, 0.2) is 12.1 Å². The first-order chi connectivity index (χ1) is 9.26. The number of ether oxygens (including phenoxy) is 1. The lowest BCUT2D eigenvalue weighted by Gasteiger charge is -2.32. The zero-order valence-electron chi connectivity index (χ0n) is 12.3. The Hall–Kier alpha value is -1.13. The molecule has 1 aliphatic rings. The molecule has 4 heteroatoms. The Morgan fingerprint density at radius 1 is 1.37 bits per heavy atom. The first-order valence-electron chi connectivity index (χ1n) is 7.19. The van der Waals surface area contributed by atoms with Gasteiger partial charge in [-0.3, -0.25) is 0 Å². The van der Waals surface area contributed by atoms with E-state index in [-0.39, 0.29) is 0 Å². The summed E-state index contributed by atoms with van der Waals surface area (Å²) in [5.74, 6) is 1.12. The summed E-state index contributed by atoms with van der Waals surface area (Å²) < 4.78 is 5.43. The molecule has 0 saturated carbocycles. The average Bonchev–Trinajstić information content (AvgIpc) is 2.47. The van der Waals surface area contributed by atoms with Crippen molar-refractivity contribution in [3.8, 4) is 0 Å². The quantitative estimate of drug-likeness (QED) is 0.881. The maximum absolute atomic E-state index is 5.43. The van der Waals surface area contributed by atoms with Crippen LogP contribution in [0.1, 0.15) is 31.0 Å². The van der Waals surface area contributed by atoms with E-state index in [1.54, 1.807) is 7.11 Å². The molecule has 2 heterocycles. The second-order valence-electron chi connectivity index (χ2n) is 5.13. The van der Waals surface area contributed by atoms with Gasteiger partial charge in [0.2, 0.25) is 0 Å². The van der Waals surface area contributed by atoms with Crippen molar-refractivity contribution in [1.82, 2.24) is 10.3 Å². The molecular weight excluding hydrogens is 238 g/mol. The van der Waals surface area contributed by atoms with Gasteiger partial charge in [-0.2, -0.15) is 0 Å². The number of hydrogen-bond acceptors (Lipinski definition) is 4. The second-order valence-corrected chi connectivity index (χ2v) is 5.13. The highest BCUT2D eigenvalue weighted by atomic mass is 16.5. The number of hydrogen-bond donors (Lipinski definition) is 1. The van der Waals surface area contributed by atoms with Gasteiger partial charge in [0.25, 0.3) is 0 Å². The van der Waals surface area contributed by atoms with Crippen LogP contribution < -0.4 is 10.2 Å². The van der Waals surface area contributed by atoms with Gasteiger partial charge < -0.3 is 15.0 Å². The van der Waals surface area contributed by atoms with Crippen molar-refractivity contribution in [2.45, 2.75) is 38.8 Å². The highest BCUT2D eigenvalue weighted by molar-refractivity contribution is 5.43. The van der Waals surface area contributed by atoms with Gasteiger partial charge >= 0.3 is 0 Å². The van der Waals surface area contributed by atoms with E-state index < -0.39 is 0 Å². The summed E-state index contributed by atoms with van der Waals surface area (Å²) in [6.07, 6.45) is 3.59. The lowest BCUT2D eigenvalue weighted by atomic mass is 10.1. The van der Waals surface area contributed by atoms with Crippen LogP contribution in [-0.2, 0) is 17.7 Å². The fourth-order valence-electron chi connectivity index (χ4n) is 2.60. The van der Waals surface area contributed by atoms with E-state index in [0.717, 1.165) is 44.7 Å². The van der Waals surface area contributed by atoms with Gasteiger partial charge in [0, 0.05) is 32.4 Å². The summed E-state index contributed by atoms with van der Waals surface area (Å²) in [7, 11) is 3.79. The molecule has 0 amide bonds. The molecule has 2 rings (SSSR count). The van der Waals surface area contributed by atoms with Gasteiger partial charge in [-0.05, 0) is 44.0 Å². The van der Waals surface area contributed by atoms with E-state index in [1.165, 1.54) is 11.3 Å². The number of pyridine rings is 1. The molecule has 0 atom stereocenters. The number of aryl methyl sites for hydroxylation is 1. The maximum atomic E-state index is 5.43. The number of nitrogens with zero attached hydrogens (tertiary/aromatic N) is 2. The molecule has 1 aromatic heterocycles. The van der Waals surface area contributed by atoms with Gasteiger partial charge in [-0.15, -0.1) is 0 Å². The Morgan fingerprint density at radius 3 is 2.68 bits per heavy atom. The number of piperidine rings is 1. The van der Waals surface area contributed by atoms with Crippen LogP contribution in [0.4, 0.5) is 5.82 Å². The van der Waals surface area contributed by atoms with Crippen LogP contribution in [0.2, 0.25) is 0 Å². The summed E-state index contributed by atoms with van der Waals surface area (Å²) >= 11 is 0. The van der Waals surface area contributed by atoms with Crippen molar-refractivity contribution < 1.29 is 4.74 Å². The first kappa shape index (κ1) is 14.3. The summed E-state index contributed by atoms with van der Waals surface area (Å²) in [5, 5.41) is 3.22. The minimum Gasteiger partial charge on any atom is -0.381 e. The highest BCUT2D eigenvalue weighted by Crippen LogP contribution is 2.21. The molecule has 1 saturated heterocycles.